The Morgan fingerprint density at radius 1 is 1.29 bits per heavy atom. The van der Waals surface area contributed by atoms with E-state index in [4.69, 9.17) is 17.3 Å². The highest BCUT2D eigenvalue weighted by atomic mass is 35.5. The number of carbonyl (C=O) groups is 1. The van der Waals surface area contributed by atoms with Crippen LogP contribution >= 0.6 is 11.6 Å². The van der Waals surface area contributed by atoms with Crippen LogP contribution in [0, 0.1) is 5.82 Å². The summed E-state index contributed by atoms with van der Waals surface area (Å²) < 4.78 is 12.8. The van der Waals surface area contributed by atoms with Crippen LogP contribution in [0.2, 0.25) is 5.02 Å². The van der Waals surface area contributed by atoms with Gasteiger partial charge in [0, 0.05) is 6.04 Å². The van der Waals surface area contributed by atoms with Crippen molar-refractivity contribution < 1.29 is 9.18 Å². The van der Waals surface area contributed by atoms with Crippen LogP contribution in [0.15, 0.2) is 42.5 Å². The number of rotatable bonds is 4. The van der Waals surface area contributed by atoms with Gasteiger partial charge in [0.05, 0.1) is 16.3 Å². The minimum Gasteiger partial charge on any atom is -0.397 e. The van der Waals surface area contributed by atoms with Gasteiger partial charge in [-0.05, 0) is 43.2 Å². The van der Waals surface area contributed by atoms with Crippen molar-refractivity contribution in [1.82, 2.24) is 5.32 Å². The number of nitrogens with two attached hydrogens (primary N) is 1. The van der Waals surface area contributed by atoms with Crippen LogP contribution in [0.3, 0.4) is 0 Å². The van der Waals surface area contributed by atoms with Gasteiger partial charge in [0.25, 0.3) is 5.91 Å². The molecule has 0 aliphatic rings. The number of amides is 1. The molecular weight excluding hydrogens is 291 g/mol. The zero-order valence-corrected chi connectivity index (χ0v) is 12.3. The molecule has 1 amide bonds. The SMILES string of the molecule is CC(Cc1ccc(F)cc1)NC(=O)c1cccc(Cl)c1N. The molecule has 0 aromatic heterocycles. The largest absolute Gasteiger partial charge is 0.397 e. The Bertz CT molecular complexity index is 643. The fourth-order valence-electron chi connectivity index (χ4n) is 2.06. The van der Waals surface area contributed by atoms with Crippen LogP contribution in [0.1, 0.15) is 22.8 Å². The summed E-state index contributed by atoms with van der Waals surface area (Å²) in [6.45, 7) is 1.88. The van der Waals surface area contributed by atoms with Crippen molar-refractivity contribution >= 4 is 23.2 Å². The molecule has 0 aliphatic carbocycles. The molecule has 2 rings (SSSR count). The highest BCUT2D eigenvalue weighted by Crippen LogP contribution is 2.22. The van der Waals surface area contributed by atoms with E-state index in [9.17, 15) is 9.18 Å². The number of para-hydroxylation sites is 1. The van der Waals surface area contributed by atoms with E-state index in [2.05, 4.69) is 5.32 Å². The minimum absolute atomic E-state index is 0.110. The Labute approximate surface area is 127 Å². The molecule has 2 aromatic carbocycles. The molecule has 0 aliphatic heterocycles. The maximum Gasteiger partial charge on any atom is 0.253 e. The molecule has 1 atom stereocenters. The number of nitrogens with one attached hydrogen (secondary N) is 1. The fourth-order valence-corrected chi connectivity index (χ4v) is 2.24. The third-order valence-electron chi connectivity index (χ3n) is 3.13. The number of nitrogen functional groups attached to an aromatic ring is 1. The van der Waals surface area contributed by atoms with Crippen molar-refractivity contribution in [1.29, 1.82) is 0 Å². The molecule has 0 heterocycles. The van der Waals surface area contributed by atoms with Crippen LogP contribution < -0.4 is 11.1 Å². The molecule has 110 valence electrons. The standard InChI is InChI=1S/C16H16ClFN2O/c1-10(9-11-5-7-12(18)8-6-11)20-16(21)13-3-2-4-14(17)15(13)19/h2-8,10H,9,19H2,1H3,(H,20,21). The summed E-state index contributed by atoms with van der Waals surface area (Å²) in [7, 11) is 0. The Morgan fingerprint density at radius 3 is 2.62 bits per heavy atom. The number of hydrogen-bond donors (Lipinski definition) is 2. The quantitative estimate of drug-likeness (QED) is 0.850. The molecule has 0 radical (unpaired) electrons. The maximum atomic E-state index is 12.8. The van der Waals surface area contributed by atoms with Crippen molar-refractivity contribution in [2.45, 2.75) is 19.4 Å². The second-order valence-electron chi connectivity index (χ2n) is 4.91. The molecule has 0 saturated heterocycles. The van der Waals surface area contributed by atoms with Crippen molar-refractivity contribution in [3.63, 3.8) is 0 Å². The molecule has 0 saturated carbocycles. The Hall–Kier alpha value is -2.07. The zero-order chi connectivity index (χ0) is 15.4. The topological polar surface area (TPSA) is 55.1 Å². The molecule has 0 bridgehead atoms. The van der Waals surface area contributed by atoms with Crippen molar-refractivity contribution in [3.05, 3.63) is 64.4 Å². The lowest BCUT2D eigenvalue weighted by molar-refractivity contribution is 0.0941. The maximum absolute atomic E-state index is 12.8. The van der Waals surface area contributed by atoms with Gasteiger partial charge in [-0.25, -0.2) is 4.39 Å². The van der Waals surface area contributed by atoms with E-state index in [-0.39, 0.29) is 23.5 Å². The Kier molecular flexibility index (Phi) is 4.81. The predicted molar refractivity (Wildman–Crippen MR) is 82.9 cm³/mol. The zero-order valence-electron chi connectivity index (χ0n) is 11.6. The molecule has 3 nitrogen and oxygen atoms in total. The lowest BCUT2D eigenvalue weighted by Crippen LogP contribution is -2.34. The van der Waals surface area contributed by atoms with Gasteiger partial charge < -0.3 is 11.1 Å². The first kappa shape index (κ1) is 15.3. The summed E-state index contributed by atoms with van der Waals surface area (Å²) in [6, 6.07) is 11.0. The molecule has 0 spiro atoms. The van der Waals surface area contributed by atoms with E-state index >= 15 is 0 Å². The van der Waals surface area contributed by atoms with Crippen molar-refractivity contribution in [3.8, 4) is 0 Å². The summed E-state index contributed by atoms with van der Waals surface area (Å²) >= 11 is 5.90. The highest BCUT2D eigenvalue weighted by Gasteiger charge is 2.14. The van der Waals surface area contributed by atoms with Gasteiger partial charge in [0.2, 0.25) is 0 Å². The van der Waals surface area contributed by atoms with Gasteiger partial charge in [-0.15, -0.1) is 0 Å². The van der Waals surface area contributed by atoms with Crippen LogP contribution in [0.4, 0.5) is 10.1 Å². The number of halogens is 2. The van der Waals surface area contributed by atoms with Gasteiger partial charge in [-0.3, -0.25) is 4.79 Å². The molecule has 21 heavy (non-hydrogen) atoms. The van der Waals surface area contributed by atoms with E-state index in [0.717, 1.165) is 5.56 Å². The first-order valence-electron chi connectivity index (χ1n) is 6.56. The van der Waals surface area contributed by atoms with Gasteiger partial charge in [0.15, 0.2) is 0 Å². The summed E-state index contributed by atoms with van der Waals surface area (Å²) in [4.78, 5) is 12.2. The normalized spacial score (nSPS) is 12.0. The van der Waals surface area contributed by atoms with Gasteiger partial charge >= 0.3 is 0 Å². The molecule has 3 N–H and O–H groups in total. The van der Waals surface area contributed by atoms with E-state index in [1.165, 1.54) is 12.1 Å². The number of carbonyl (C=O) groups excluding carboxylic acids is 1. The molecule has 0 fully saturated rings. The number of benzene rings is 2. The van der Waals surface area contributed by atoms with Crippen LogP contribution in [-0.2, 0) is 6.42 Å². The van der Waals surface area contributed by atoms with Crippen molar-refractivity contribution in [2.24, 2.45) is 0 Å². The second-order valence-corrected chi connectivity index (χ2v) is 5.31. The van der Waals surface area contributed by atoms with E-state index < -0.39 is 0 Å². The van der Waals surface area contributed by atoms with Crippen molar-refractivity contribution in [2.75, 3.05) is 5.73 Å². The lowest BCUT2D eigenvalue weighted by Gasteiger charge is -2.15. The second kappa shape index (κ2) is 6.59. The summed E-state index contributed by atoms with van der Waals surface area (Å²) in [5.41, 5.74) is 7.37. The van der Waals surface area contributed by atoms with Gasteiger partial charge in [-0.1, -0.05) is 29.8 Å². The summed E-state index contributed by atoms with van der Waals surface area (Å²) in [5, 5.41) is 3.21. The predicted octanol–water partition coefficient (Wildman–Crippen LogP) is 3.42. The molecule has 2 aromatic rings. The monoisotopic (exact) mass is 306 g/mol. The average molecular weight is 307 g/mol. The van der Waals surface area contributed by atoms with Crippen LogP contribution in [-0.4, -0.2) is 11.9 Å². The lowest BCUT2D eigenvalue weighted by atomic mass is 10.1. The third-order valence-corrected chi connectivity index (χ3v) is 3.46. The minimum atomic E-state index is -0.276. The van der Waals surface area contributed by atoms with E-state index in [1.807, 2.05) is 6.92 Å². The number of hydrogen-bond acceptors (Lipinski definition) is 2. The summed E-state index contributed by atoms with van der Waals surface area (Å²) in [6.07, 6.45) is 0.604. The fraction of sp³-hybridized carbons (Fsp3) is 0.188. The van der Waals surface area contributed by atoms with Crippen LogP contribution in [0.25, 0.3) is 0 Å². The third kappa shape index (κ3) is 3.95. The van der Waals surface area contributed by atoms with Gasteiger partial charge in [-0.2, -0.15) is 0 Å². The molecule has 1 unspecified atom stereocenters. The first-order chi connectivity index (χ1) is 9.97. The smallest absolute Gasteiger partial charge is 0.253 e. The van der Waals surface area contributed by atoms with Gasteiger partial charge in [0.1, 0.15) is 5.82 Å². The van der Waals surface area contributed by atoms with E-state index in [1.54, 1.807) is 30.3 Å². The summed E-state index contributed by atoms with van der Waals surface area (Å²) in [5.74, 6) is -0.549. The Morgan fingerprint density at radius 2 is 1.95 bits per heavy atom. The average Bonchev–Trinajstić information content (AvgIpc) is 2.44. The molecule has 5 heteroatoms. The number of anilines is 1. The van der Waals surface area contributed by atoms with Crippen LogP contribution in [0.5, 0.6) is 0 Å². The highest BCUT2D eigenvalue weighted by molar-refractivity contribution is 6.33. The molecular formula is C16H16ClFN2O. The Balaban J connectivity index is 2.02. The van der Waals surface area contributed by atoms with E-state index in [0.29, 0.717) is 17.0 Å². The first-order valence-corrected chi connectivity index (χ1v) is 6.94.